The van der Waals surface area contributed by atoms with Crippen LogP contribution >= 0.6 is 0 Å². The van der Waals surface area contributed by atoms with Crippen LogP contribution in [0.2, 0.25) is 0 Å². The van der Waals surface area contributed by atoms with E-state index >= 15 is 0 Å². The van der Waals surface area contributed by atoms with Gasteiger partial charge in [0.1, 0.15) is 23.9 Å². The highest BCUT2D eigenvalue weighted by molar-refractivity contribution is 6.07. The standard InChI is InChI=1S/C17H18N4O4/c1-23-13-6-10(7-14(24-2)16(13)25-3)15(22)12-8-19-17(21-12)11-4-5-18-9-20-11/h4-7,9,12H,8H2,1-3H3,(H,19,21). The van der Waals surface area contributed by atoms with Crippen LogP contribution in [-0.2, 0) is 0 Å². The molecule has 1 aromatic carbocycles. The van der Waals surface area contributed by atoms with Crippen molar-refractivity contribution in [2.75, 3.05) is 27.9 Å². The number of carbonyl (C=O) groups excluding carboxylic acids is 1. The highest BCUT2D eigenvalue weighted by Gasteiger charge is 2.28. The fourth-order valence-corrected chi connectivity index (χ4v) is 2.59. The molecule has 8 heteroatoms. The molecule has 0 saturated carbocycles. The lowest BCUT2D eigenvalue weighted by molar-refractivity contribution is 0.0966. The number of amidine groups is 1. The molecular weight excluding hydrogens is 324 g/mol. The molecule has 25 heavy (non-hydrogen) atoms. The molecule has 1 aliphatic rings. The van der Waals surface area contributed by atoms with Gasteiger partial charge in [-0.05, 0) is 18.2 Å². The predicted molar refractivity (Wildman–Crippen MR) is 90.8 cm³/mol. The van der Waals surface area contributed by atoms with E-state index in [9.17, 15) is 4.79 Å². The zero-order valence-corrected chi connectivity index (χ0v) is 14.1. The zero-order chi connectivity index (χ0) is 17.8. The SMILES string of the molecule is COc1cc(C(=O)C2CNC(c3ccncn3)=N2)cc(OC)c1OC. The summed E-state index contributed by atoms with van der Waals surface area (Å²) in [4.78, 5) is 25.3. The van der Waals surface area contributed by atoms with Gasteiger partial charge < -0.3 is 19.5 Å². The Morgan fingerprint density at radius 3 is 2.44 bits per heavy atom. The largest absolute Gasteiger partial charge is 0.493 e. The third-order valence-corrected chi connectivity index (χ3v) is 3.82. The summed E-state index contributed by atoms with van der Waals surface area (Å²) in [6.45, 7) is 0.398. The molecule has 0 spiro atoms. The van der Waals surface area contributed by atoms with E-state index in [-0.39, 0.29) is 5.78 Å². The van der Waals surface area contributed by atoms with E-state index in [2.05, 4.69) is 20.3 Å². The summed E-state index contributed by atoms with van der Waals surface area (Å²) in [5, 5.41) is 3.11. The maximum atomic E-state index is 12.8. The maximum absolute atomic E-state index is 12.8. The van der Waals surface area contributed by atoms with Gasteiger partial charge in [0, 0.05) is 18.3 Å². The second kappa shape index (κ2) is 7.16. The fraction of sp³-hybridized carbons (Fsp3) is 0.294. The summed E-state index contributed by atoms with van der Waals surface area (Å²) in [6.07, 6.45) is 3.06. The normalized spacial score (nSPS) is 16.0. The minimum Gasteiger partial charge on any atom is -0.493 e. The lowest BCUT2D eigenvalue weighted by atomic mass is 10.0. The van der Waals surface area contributed by atoms with Crippen LogP contribution in [0.25, 0.3) is 0 Å². The number of ketones is 1. The van der Waals surface area contributed by atoms with Gasteiger partial charge in [0.05, 0.1) is 21.3 Å². The average molecular weight is 342 g/mol. The van der Waals surface area contributed by atoms with Crippen LogP contribution < -0.4 is 19.5 Å². The van der Waals surface area contributed by atoms with Gasteiger partial charge in [0.2, 0.25) is 5.75 Å². The minimum absolute atomic E-state index is 0.143. The van der Waals surface area contributed by atoms with Crippen molar-refractivity contribution >= 4 is 11.6 Å². The van der Waals surface area contributed by atoms with Gasteiger partial charge in [-0.3, -0.25) is 9.79 Å². The summed E-state index contributed by atoms with van der Waals surface area (Å²) in [5.74, 6) is 1.73. The molecule has 1 aromatic heterocycles. The highest BCUT2D eigenvalue weighted by Crippen LogP contribution is 2.38. The number of ether oxygens (including phenoxy) is 3. The van der Waals surface area contributed by atoms with Crippen LogP contribution in [-0.4, -0.2) is 55.5 Å². The highest BCUT2D eigenvalue weighted by atomic mass is 16.5. The molecule has 1 aliphatic heterocycles. The molecule has 0 fully saturated rings. The van der Waals surface area contributed by atoms with Crippen molar-refractivity contribution in [2.45, 2.75) is 6.04 Å². The summed E-state index contributed by atoms with van der Waals surface area (Å²) < 4.78 is 15.9. The van der Waals surface area contributed by atoms with Crippen molar-refractivity contribution in [1.82, 2.24) is 15.3 Å². The van der Waals surface area contributed by atoms with Crippen molar-refractivity contribution in [3.05, 3.63) is 42.0 Å². The Hall–Kier alpha value is -3.16. The van der Waals surface area contributed by atoms with Gasteiger partial charge in [-0.15, -0.1) is 0 Å². The number of benzene rings is 1. The number of hydrogen-bond donors (Lipinski definition) is 1. The van der Waals surface area contributed by atoms with Crippen molar-refractivity contribution in [3.63, 3.8) is 0 Å². The van der Waals surface area contributed by atoms with Crippen molar-refractivity contribution < 1.29 is 19.0 Å². The second-order valence-electron chi connectivity index (χ2n) is 5.25. The van der Waals surface area contributed by atoms with Crippen LogP contribution in [0.15, 0.2) is 35.7 Å². The first kappa shape index (κ1) is 16.7. The first-order valence-corrected chi connectivity index (χ1v) is 7.60. The number of hydrogen-bond acceptors (Lipinski definition) is 8. The molecule has 130 valence electrons. The minimum atomic E-state index is -0.548. The van der Waals surface area contributed by atoms with Gasteiger partial charge in [0.25, 0.3) is 0 Å². The van der Waals surface area contributed by atoms with Crippen LogP contribution in [0.5, 0.6) is 17.2 Å². The molecule has 2 aromatic rings. The van der Waals surface area contributed by atoms with E-state index in [0.29, 0.717) is 40.9 Å². The molecule has 1 N–H and O–H groups in total. The molecule has 1 atom stereocenters. The number of rotatable bonds is 6. The van der Waals surface area contributed by atoms with Crippen molar-refractivity contribution in [3.8, 4) is 17.2 Å². The Balaban J connectivity index is 1.90. The molecule has 0 aliphatic carbocycles. The first-order chi connectivity index (χ1) is 12.2. The van der Waals surface area contributed by atoms with E-state index in [0.717, 1.165) is 0 Å². The van der Waals surface area contributed by atoms with Crippen molar-refractivity contribution in [2.24, 2.45) is 4.99 Å². The number of Topliss-reactive ketones (excluding diaryl/α,β-unsaturated/α-hetero) is 1. The molecule has 3 rings (SSSR count). The molecule has 0 saturated heterocycles. The molecule has 2 heterocycles. The van der Waals surface area contributed by atoms with E-state index < -0.39 is 6.04 Å². The second-order valence-corrected chi connectivity index (χ2v) is 5.25. The third kappa shape index (κ3) is 3.23. The average Bonchev–Trinajstić information content (AvgIpc) is 3.17. The number of carbonyl (C=O) groups is 1. The number of aliphatic imine (C=N–C) groups is 1. The van der Waals surface area contributed by atoms with E-state index in [4.69, 9.17) is 14.2 Å². The van der Waals surface area contributed by atoms with E-state index in [1.54, 1.807) is 24.4 Å². The van der Waals surface area contributed by atoms with Gasteiger partial charge in [-0.2, -0.15) is 0 Å². The third-order valence-electron chi connectivity index (χ3n) is 3.82. The summed E-state index contributed by atoms with van der Waals surface area (Å²) in [6, 6.07) is 4.44. The maximum Gasteiger partial charge on any atom is 0.203 e. The number of methoxy groups -OCH3 is 3. The lowest BCUT2D eigenvalue weighted by Crippen LogP contribution is -2.26. The Bertz CT molecular complexity index is 783. The lowest BCUT2D eigenvalue weighted by Gasteiger charge is -2.14. The molecule has 0 bridgehead atoms. The molecule has 1 unspecified atom stereocenters. The Kier molecular flexibility index (Phi) is 4.78. The Labute approximate surface area is 144 Å². The quantitative estimate of drug-likeness (QED) is 0.786. The summed E-state index contributed by atoms with van der Waals surface area (Å²) in [5.41, 5.74) is 1.09. The summed E-state index contributed by atoms with van der Waals surface area (Å²) >= 11 is 0. The van der Waals surface area contributed by atoms with Gasteiger partial charge >= 0.3 is 0 Å². The Morgan fingerprint density at radius 1 is 1.16 bits per heavy atom. The monoisotopic (exact) mass is 342 g/mol. The smallest absolute Gasteiger partial charge is 0.203 e. The number of nitrogens with one attached hydrogen (secondary N) is 1. The van der Waals surface area contributed by atoms with Crippen molar-refractivity contribution in [1.29, 1.82) is 0 Å². The summed E-state index contributed by atoms with van der Waals surface area (Å²) in [7, 11) is 4.53. The number of nitrogens with zero attached hydrogens (tertiary/aromatic N) is 3. The zero-order valence-electron chi connectivity index (χ0n) is 14.1. The molecule has 0 radical (unpaired) electrons. The van der Waals surface area contributed by atoms with E-state index in [1.165, 1.54) is 27.7 Å². The van der Waals surface area contributed by atoms with Gasteiger partial charge in [0.15, 0.2) is 17.3 Å². The topological polar surface area (TPSA) is 94.9 Å². The first-order valence-electron chi connectivity index (χ1n) is 7.60. The molecule has 8 nitrogen and oxygen atoms in total. The van der Waals surface area contributed by atoms with Crippen LogP contribution in [0.4, 0.5) is 0 Å². The van der Waals surface area contributed by atoms with Crippen LogP contribution in [0.3, 0.4) is 0 Å². The van der Waals surface area contributed by atoms with E-state index in [1.807, 2.05) is 0 Å². The van der Waals surface area contributed by atoms with Gasteiger partial charge in [-0.25, -0.2) is 9.97 Å². The molecular formula is C17H18N4O4. The van der Waals surface area contributed by atoms with Crippen LogP contribution in [0.1, 0.15) is 16.1 Å². The Morgan fingerprint density at radius 2 is 1.88 bits per heavy atom. The van der Waals surface area contributed by atoms with Crippen LogP contribution in [0, 0.1) is 0 Å². The number of aromatic nitrogens is 2. The fourth-order valence-electron chi connectivity index (χ4n) is 2.59. The predicted octanol–water partition coefficient (Wildman–Crippen LogP) is 1.10. The van der Waals surface area contributed by atoms with Gasteiger partial charge in [-0.1, -0.05) is 0 Å². The molecule has 0 amide bonds.